The van der Waals surface area contributed by atoms with Gasteiger partial charge < -0.3 is 10.1 Å². The van der Waals surface area contributed by atoms with E-state index in [2.05, 4.69) is 44.2 Å². The topological polar surface area (TPSA) is 76.1 Å². The molecule has 0 radical (unpaired) electrons. The average Bonchev–Trinajstić information content (AvgIpc) is 3.28. The van der Waals surface area contributed by atoms with Crippen molar-refractivity contribution in [2.75, 3.05) is 38.2 Å². The number of morpholine rings is 1. The van der Waals surface area contributed by atoms with Crippen molar-refractivity contribution < 1.29 is 4.74 Å². The molecule has 1 aliphatic rings. The molecule has 9 heteroatoms. The van der Waals surface area contributed by atoms with E-state index >= 15 is 0 Å². The number of fused-ring (bicyclic) bond motifs is 2. The highest BCUT2D eigenvalue weighted by Crippen LogP contribution is 2.30. The Morgan fingerprint density at radius 2 is 2.10 bits per heavy atom. The van der Waals surface area contributed by atoms with Crippen LogP contribution in [0, 0.1) is 0 Å². The van der Waals surface area contributed by atoms with Gasteiger partial charge in [-0.05, 0) is 24.4 Å². The highest BCUT2D eigenvalue weighted by atomic mass is 35.5. The van der Waals surface area contributed by atoms with Gasteiger partial charge in [0.15, 0.2) is 5.82 Å². The molecular weight excluding hydrogens is 432 g/mol. The van der Waals surface area contributed by atoms with Gasteiger partial charge in [0.1, 0.15) is 16.7 Å². The second-order valence-corrected chi connectivity index (χ2v) is 8.87. The number of nitrogens with zero attached hydrogens (tertiary/aromatic N) is 5. The molecule has 1 N–H and O–H groups in total. The zero-order chi connectivity index (χ0) is 21.2. The minimum Gasteiger partial charge on any atom is -0.379 e. The van der Waals surface area contributed by atoms with Gasteiger partial charge in [-0.3, -0.25) is 9.88 Å². The molecule has 0 aliphatic carbocycles. The highest BCUT2D eigenvalue weighted by Gasteiger charge is 2.17. The first kappa shape index (κ1) is 20.5. The van der Waals surface area contributed by atoms with Gasteiger partial charge in [0.2, 0.25) is 0 Å². The van der Waals surface area contributed by atoms with Crippen molar-refractivity contribution in [3.8, 4) is 0 Å². The Morgan fingerprint density at radius 1 is 1.23 bits per heavy atom. The summed E-state index contributed by atoms with van der Waals surface area (Å²) in [4.78, 5) is 21.4. The fourth-order valence-electron chi connectivity index (χ4n) is 3.94. The number of thiazole rings is 1. The second-order valence-electron chi connectivity index (χ2n) is 7.63. The van der Waals surface area contributed by atoms with E-state index in [1.807, 2.05) is 12.1 Å². The lowest BCUT2D eigenvalue weighted by Crippen LogP contribution is -2.37. The summed E-state index contributed by atoms with van der Waals surface area (Å²) in [6.45, 7) is 6.53. The van der Waals surface area contributed by atoms with Crippen molar-refractivity contribution in [1.82, 2.24) is 24.8 Å². The van der Waals surface area contributed by atoms with Gasteiger partial charge >= 0.3 is 0 Å². The number of hydrogen-bond acceptors (Lipinski definition) is 8. The normalized spacial score (nSPS) is 16.1. The van der Waals surface area contributed by atoms with Gasteiger partial charge in [-0.25, -0.2) is 15.0 Å². The Bertz CT molecular complexity index is 1210. The third kappa shape index (κ3) is 4.34. The fraction of sp³-hybridized carbons (Fsp3) is 0.364. The SMILES string of the molecule is C[C@H](Nc1ncnc2scnc12)c1cc2cccc(Cl)c2c(CCN2CCOCC2)n1. The number of benzene rings is 1. The second kappa shape index (κ2) is 9.00. The molecule has 0 spiro atoms. The van der Waals surface area contributed by atoms with E-state index < -0.39 is 0 Å². The number of anilines is 1. The summed E-state index contributed by atoms with van der Waals surface area (Å²) in [7, 11) is 0. The molecule has 4 aromatic rings. The number of ether oxygens (including phenoxy) is 1. The van der Waals surface area contributed by atoms with Crippen LogP contribution in [0.4, 0.5) is 5.82 Å². The van der Waals surface area contributed by atoms with Crippen LogP contribution in [0.5, 0.6) is 0 Å². The third-order valence-electron chi connectivity index (χ3n) is 5.60. The molecule has 1 aromatic carbocycles. The molecule has 1 saturated heterocycles. The van der Waals surface area contributed by atoms with Gasteiger partial charge in [-0.2, -0.15) is 0 Å². The lowest BCUT2D eigenvalue weighted by atomic mass is 10.0. The first-order valence-electron chi connectivity index (χ1n) is 10.4. The van der Waals surface area contributed by atoms with Crippen molar-refractivity contribution in [2.24, 2.45) is 0 Å². The minimum absolute atomic E-state index is 0.0506. The predicted molar refractivity (Wildman–Crippen MR) is 125 cm³/mol. The number of hydrogen-bond donors (Lipinski definition) is 1. The van der Waals surface area contributed by atoms with Crippen molar-refractivity contribution >= 4 is 49.9 Å². The highest BCUT2D eigenvalue weighted by molar-refractivity contribution is 7.16. The fourth-order valence-corrected chi connectivity index (χ4v) is 4.86. The maximum atomic E-state index is 6.58. The van der Waals surface area contributed by atoms with Crippen molar-refractivity contribution in [3.05, 3.63) is 52.5 Å². The average molecular weight is 455 g/mol. The quantitative estimate of drug-likeness (QED) is 0.464. The van der Waals surface area contributed by atoms with Crippen LogP contribution in [0.1, 0.15) is 24.4 Å². The first-order valence-corrected chi connectivity index (χ1v) is 11.6. The van der Waals surface area contributed by atoms with Crippen LogP contribution in [0.3, 0.4) is 0 Å². The molecular formula is C22H23ClN6OS. The Balaban J connectivity index is 1.46. The summed E-state index contributed by atoms with van der Waals surface area (Å²) >= 11 is 8.09. The Hall–Kier alpha value is -2.39. The number of rotatable bonds is 6. The van der Waals surface area contributed by atoms with E-state index in [9.17, 15) is 0 Å². The molecule has 31 heavy (non-hydrogen) atoms. The largest absolute Gasteiger partial charge is 0.379 e. The van der Waals surface area contributed by atoms with Gasteiger partial charge in [-0.15, -0.1) is 11.3 Å². The van der Waals surface area contributed by atoms with Gasteiger partial charge in [-0.1, -0.05) is 23.7 Å². The monoisotopic (exact) mass is 454 g/mol. The van der Waals surface area contributed by atoms with Crippen LogP contribution >= 0.6 is 22.9 Å². The van der Waals surface area contributed by atoms with E-state index in [0.717, 1.165) is 82.6 Å². The van der Waals surface area contributed by atoms with Gasteiger partial charge in [0.05, 0.1) is 41.2 Å². The van der Waals surface area contributed by atoms with Crippen LogP contribution in [0.2, 0.25) is 5.02 Å². The summed E-state index contributed by atoms with van der Waals surface area (Å²) in [6.07, 6.45) is 2.40. The van der Waals surface area contributed by atoms with E-state index in [-0.39, 0.29) is 6.04 Å². The Morgan fingerprint density at radius 3 is 2.97 bits per heavy atom. The number of pyridine rings is 1. The smallest absolute Gasteiger partial charge is 0.157 e. The minimum atomic E-state index is -0.0506. The molecule has 0 saturated carbocycles. The summed E-state index contributed by atoms with van der Waals surface area (Å²) in [5.41, 5.74) is 4.55. The standard InChI is InChI=1S/C22H23ClN6OS/c1-14(27-21-20-22(25-12-24-21)31-13-26-20)18-11-15-3-2-4-16(23)19(15)17(28-18)5-6-29-7-9-30-10-8-29/h2-4,11-14H,5-10H2,1H3,(H,24,25,27)/t14-/m0/s1. The van der Waals surface area contributed by atoms with Crippen LogP contribution < -0.4 is 5.32 Å². The third-order valence-corrected chi connectivity index (χ3v) is 6.65. The van der Waals surface area contributed by atoms with Crippen molar-refractivity contribution in [1.29, 1.82) is 0 Å². The molecule has 0 bridgehead atoms. The number of halogens is 1. The van der Waals surface area contributed by atoms with E-state index in [1.165, 1.54) is 11.3 Å². The molecule has 1 fully saturated rings. The molecule has 5 rings (SSSR count). The van der Waals surface area contributed by atoms with Crippen molar-refractivity contribution in [2.45, 2.75) is 19.4 Å². The van der Waals surface area contributed by atoms with Crippen LogP contribution in [-0.2, 0) is 11.2 Å². The maximum Gasteiger partial charge on any atom is 0.157 e. The van der Waals surface area contributed by atoms with Crippen LogP contribution in [-0.4, -0.2) is 57.7 Å². The number of nitrogens with one attached hydrogen (secondary N) is 1. The molecule has 1 aliphatic heterocycles. The Labute approximate surface area is 189 Å². The van der Waals surface area contributed by atoms with Crippen LogP contribution in [0.25, 0.3) is 21.1 Å². The molecule has 1 atom stereocenters. The lowest BCUT2D eigenvalue weighted by Gasteiger charge is -2.26. The number of aromatic nitrogens is 4. The molecule has 4 heterocycles. The van der Waals surface area contributed by atoms with Gasteiger partial charge in [0.25, 0.3) is 0 Å². The van der Waals surface area contributed by atoms with Gasteiger partial charge in [0, 0.05) is 31.4 Å². The molecule has 0 amide bonds. The molecule has 7 nitrogen and oxygen atoms in total. The maximum absolute atomic E-state index is 6.58. The molecule has 3 aromatic heterocycles. The molecule has 0 unspecified atom stereocenters. The van der Waals surface area contributed by atoms with Crippen molar-refractivity contribution in [3.63, 3.8) is 0 Å². The van der Waals surface area contributed by atoms with E-state index in [4.69, 9.17) is 21.3 Å². The Kier molecular flexibility index (Phi) is 5.95. The van der Waals surface area contributed by atoms with E-state index in [0.29, 0.717) is 0 Å². The summed E-state index contributed by atoms with van der Waals surface area (Å²) in [5.74, 6) is 0.724. The zero-order valence-electron chi connectivity index (χ0n) is 17.2. The zero-order valence-corrected chi connectivity index (χ0v) is 18.8. The predicted octanol–water partition coefficient (Wildman–Crippen LogP) is 4.34. The summed E-state index contributed by atoms with van der Waals surface area (Å²) < 4.78 is 5.47. The van der Waals surface area contributed by atoms with E-state index in [1.54, 1.807) is 11.8 Å². The lowest BCUT2D eigenvalue weighted by molar-refractivity contribution is 0.0384. The molecule has 160 valence electrons. The first-order chi connectivity index (χ1) is 15.2. The summed E-state index contributed by atoms with van der Waals surface area (Å²) in [6, 6.07) is 8.08. The summed E-state index contributed by atoms with van der Waals surface area (Å²) in [5, 5.41) is 6.36. The van der Waals surface area contributed by atoms with Crippen LogP contribution in [0.15, 0.2) is 36.1 Å².